The molecule has 2 unspecified atom stereocenters. The molecule has 23 heavy (non-hydrogen) atoms. The van der Waals surface area contributed by atoms with E-state index in [0.29, 0.717) is 18.5 Å². The van der Waals surface area contributed by atoms with E-state index < -0.39 is 0 Å². The third-order valence-electron chi connectivity index (χ3n) is 4.54. The number of nitrogens with one attached hydrogen (secondary N) is 2. The Morgan fingerprint density at radius 3 is 2.74 bits per heavy atom. The van der Waals surface area contributed by atoms with Crippen LogP contribution in [-0.2, 0) is 4.79 Å². The molecule has 2 aliphatic rings. The van der Waals surface area contributed by atoms with Crippen LogP contribution in [0, 0.1) is 0 Å². The molecule has 3 rings (SSSR count). The fraction of sp³-hybridized carbons (Fsp3) is 0.688. The molecule has 3 heterocycles. The standard InChI is InChI=1S/C16H25N3OS.2ClH/c20-16(11-13-5-3-7-17-13)18-12-14(15-6-4-10-21-15)19-8-1-2-9-19;;/h4,6,10,13-14,17H,1-3,5,7-9,11-12H2,(H,18,20);2*1H. The molecule has 2 atom stereocenters. The van der Waals surface area contributed by atoms with Crippen molar-refractivity contribution in [3.8, 4) is 0 Å². The first-order valence-electron chi connectivity index (χ1n) is 8.10. The van der Waals surface area contributed by atoms with Crippen molar-refractivity contribution >= 4 is 42.1 Å². The summed E-state index contributed by atoms with van der Waals surface area (Å²) in [5.74, 6) is 0.190. The Balaban J connectivity index is 0.00000132. The topological polar surface area (TPSA) is 44.4 Å². The van der Waals surface area contributed by atoms with Crippen molar-refractivity contribution < 1.29 is 4.79 Å². The van der Waals surface area contributed by atoms with Crippen LogP contribution < -0.4 is 10.6 Å². The Morgan fingerprint density at radius 1 is 1.35 bits per heavy atom. The van der Waals surface area contributed by atoms with Crippen LogP contribution >= 0.6 is 36.2 Å². The van der Waals surface area contributed by atoms with Gasteiger partial charge in [-0.05, 0) is 56.8 Å². The number of amides is 1. The van der Waals surface area contributed by atoms with E-state index in [9.17, 15) is 4.79 Å². The normalized spacial score (nSPS) is 22.2. The van der Waals surface area contributed by atoms with E-state index in [0.717, 1.165) is 32.6 Å². The molecule has 2 N–H and O–H groups in total. The molecule has 2 aliphatic heterocycles. The van der Waals surface area contributed by atoms with Crippen LogP contribution in [-0.4, -0.2) is 43.0 Å². The Hall–Kier alpha value is -0.330. The van der Waals surface area contributed by atoms with Crippen LogP contribution in [0.1, 0.15) is 43.0 Å². The van der Waals surface area contributed by atoms with Gasteiger partial charge >= 0.3 is 0 Å². The molecular formula is C16H27Cl2N3OS. The smallest absolute Gasteiger partial charge is 0.221 e. The van der Waals surface area contributed by atoms with Crippen molar-refractivity contribution in [1.29, 1.82) is 0 Å². The molecule has 0 radical (unpaired) electrons. The fourth-order valence-electron chi connectivity index (χ4n) is 3.38. The fourth-order valence-corrected chi connectivity index (χ4v) is 4.24. The van der Waals surface area contributed by atoms with Crippen molar-refractivity contribution in [1.82, 2.24) is 15.5 Å². The Bertz CT molecular complexity index is 446. The highest BCUT2D eigenvalue weighted by atomic mass is 35.5. The minimum absolute atomic E-state index is 0. The summed E-state index contributed by atoms with van der Waals surface area (Å²) in [5.41, 5.74) is 0. The molecule has 0 bridgehead atoms. The van der Waals surface area contributed by atoms with Gasteiger partial charge in [0.2, 0.25) is 5.91 Å². The maximum absolute atomic E-state index is 12.1. The average molecular weight is 380 g/mol. The summed E-state index contributed by atoms with van der Waals surface area (Å²) in [7, 11) is 0. The van der Waals surface area contributed by atoms with Gasteiger partial charge in [0.1, 0.15) is 0 Å². The minimum atomic E-state index is 0. The van der Waals surface area contributed by atoms with Crippen LogP contribution in [0.2, 0.25) is 0 Å². The number of hydrogen-bond acceptors (Lipinski definition) is 4. The van der Waals surface area contributed by atoms with Crippen LogP contribution in [0.25, 0.3) is 0 Å². The number of likely N-dealkylation sites (tertiary alicyclic amines) is 1. The lowest BCUT2D eigenvalue weighted by Crippen LogP contribution is -2.38. The maximum Gasteiger partial charge on any atom is 0.221 e. The zero-order chi connectivity index (χ0) is 14.5. The first-order valence-corrected chi connectivity index (χ1v) is 8.98. The molecule has 1 aromatic rings. The number of carbonyl (C=O) groups excluding carboxylic acids is 1. The van der Waals surface area contributed by atoms with E-state index in [1.807, 2.05) is 0 Å². The molecule has 0 aromatic carbocycles. The zero-order valence-corrected chi connectivity index (χ0v) is 15.8. The number of nitrogens with zero attached hydrogens (tertiary/aromatic N) is 1. The van der Waals surface area contributed by atoms with E-state index in [4.69, 9.17) is 0 Å². The summed E-state index contributed by atoms with van der Waals surface area (Å²) >= 11 is 1.80. The van der Waals surface area contributed by atoms with Crippen LogP contribution in [0.15, 0.2) is 17.5 Å². The van der Waals surface area contributed by atoms with Crippen LogP contribution in [0.4, 0.5) is 0 Å². The van der Waals surface area contributed by atoms with Crippen molar-refractivity contribution in [2.75, 3.05) is 26.2 Å². The van der Waals surface area contributed by atoms with Crippen molar-refractivity contribution in [2.45, 2.75) is 44.2 Å². The summed E-state index contributed by atoms with van der Waals surface area (Å²) in [6, 6.07) is 5.04. The van der Waals surface area contributed by atoms with E-state index in [2.05, 4.69) is 33.0 Å². The van der Waals surface area contributed by atoms with E-state index in [1.165, 1.54) is 24.1 Å². The maximum atomic E-state index is 12.1. The third kappa shape index (κ3) is 5.91. The summed E-state index contributed by atoms with van der Waals surface area (Å²) in [5, 5.41) is 8.68. The molecule has 0 aliphatic carbocycles. The van der Waals surface area contributed by atoms with Gasteiger partial charge in [0.15, 0.2) is 0 Å². The molecule has 2 saturated heterocycles. The number of thiophene rings is 1. The SMILES string of the molecule is Cl.Cl.O=C(CC1CCCN1)NCC(c1cccs1)N1CCCC1. The number of rotatable bonds is 6. The third-order valence-corrected chi connectivity index (χ3v) is 5.51. The number of carbonyl (C=O) groups is 1. The van der Waals surface area contributed by atoms with Gasteiger partial charge in [0.25, 0.3) is 0 Å². The molecule has 4 nitrogen and oxygen atoms in total. The van der Waals surface area contributed by atoms with Crippen LogP contribution in [0.3, 0.4) is 0 Å². The van der Waals surface area contributed by atoms with Crippen molar-refractivity contribution in [2.24, 2.45) is 0 Å². The number of hydrogen-bond donors (Lipinski definition) is 2. The largest absolute Gasteiger partial charge is 0.354 e. The molecule has 2 fully saturated rings. The summed E-state index contributed by atoms with van der Waals surface area (Å²) in [4.78, 5) is 16.0. The highest BCUT2D eigenvalue weighted by Crippen LogP contribution is 2.27. The van der Waals surface area contributed by atoms with Gasteiger partial charge in [-0.2, -0.15) is 0 Å². The van der Waals surface area contributed by atoms with Gasteiger partial charge in [0, 0.05) is 23.9 Å². The lowest BCUT2D eigenvalue weighted by Gasteiger charge is -2.27. The quantitative estimate of drug-likeness (QED) is 0.798. The lowest BCUT2D eigenvalue weighted by atomic mass is 10.1. The molecule has 132 valence electrons. The minimum Gasteiger partial charge on any atom is -0.354 e. The predicted octanol–water partition coefficient (Wildman–Crippen LogP) is 2.99. The summed E-state index contributed by atoms with van der Waals surface area (Å²) < 4.78 is 0. The Kier molecular flexibility index (Phi) is 9.47. The van der Waals surface area contributed by atoms with Crippen molar-refractivity contribution in [3.05, 3.63) is 22.4 Å². The van der Waals surface area contributed by atoms with Crippen molar-refractivity contribution in [3.63, 3.8) is 0 Å². The van der Waals surface area contributed by atoms with Gasteiger partial charge in [-0.15, -0.1) is 36.2 Å². The molecule has 1 amide bonds. The highest BCUT2D eigenvalue weighted by Gasteiger charge is 2.25. The Labute approximate surface area is 155 Å². The van der Waals surface area contributed by atoms with E-state index in [-0.39, 0.29) is 30.7 Å². The molecule has 0 saturated carbocycles. The number of halogens is 2. The molecule has 0 spiro atoms. The van der Waals surface area contributed by atoms with Gasteiger partial charge in [-0.25, -0.2) is 0 Å². The second-order valence-corrected chi connectivity index (χ2v) is 7.06. The molecular weight excluding hydrogens is 353 g/mol. The molecule has 1 aromatic heterocycles. The monoisotopic (exact) mass is 379 g/mol. The first-order chi connectivity index (χ1) is 10.3. The summed E-state index contributed by atoms with van der Waals surface area (Å²) in [6.45, 7) is 4.11. The van der Waals surface area contributed by atoms with Gasteiger partial charge < -0.3 is 10.6 Å². The predicted molar refractivity (Wildman–Crippen MR) is 101 cm³/mol. The second-order valence-electron chi connectivity index (χ2n) is 6.08. The average Bonchev–Trinajstić information content (AvgIpc) is 3.23. The van der Waals surface area contributed by atoms with Gasteiger partial charge in [-0.3, -0.25) is 9.69 Å². The Morgan fingerprint density at radius 2 is 2.13 bits per heavy atom. The van der Waals surface area contributed by atoms with E-state index >= 15 is 0 Å². The lowest BCUT2D eigenvalue weighted by molar-refractivity contribution is -0.121. The molecule has 7 heteroatoms. The summed E-state index contributed by atoms with van der Waals surface area (Å²) in [6.07, 6.45) is 5.51. The second kappa shape index (κ2) is 10.5. The van der Waals surface area contributed by atoms with Gasteiger partial charge in [-0.1, -0.05) is 6.07 Å². The van der Waals surface area contributed by atoms with Crippen LogP contribution in [0.5, 0.6) is 0 Å². The first kappa shape index (κ1) is 20.7. The van der Waals surface area contributed by atoms with Gasteiger partial charge in [0.05, 0.1) is 6.04 Å². The zero-order valence-electron chi connectivity index (χ0n) is 13.3. The highest BCUT2D eigenvalue weighted by molar-refractivity contribution is 7.10. The van der Waals surface area contributed by atoms with E-state index in [1.54, 1.807) is 11.3 Å².